The van der Waals surface area contributed by atoms with Crippen molar-refractivity contribution in [1.29, 1.82) is 0 Å². The average Bonchev–Trinajstić information content (AvgIpc) is 2.52. The van der Waals surface area contributed by atoms with Crippen LogP contribution in [0.25, 0.3) is 0 Å². The van der Waals surface area contributed by atoms with Crippen LogP contribution in [0.5, 0.6) is 0 Å². The van der Waals surface area contributed by atoms with Crippen molar-refractivity contribution in [2.75, 3.05) is 11.9 Å². The van der Waals surface area contributed by atoms with Crippen LogP contribution in [0.1, 0.15) is 13.8 Å². The Bertz CT molecular complexity index is 284. The number of aromatic nitrogens is 1. The Labute approximate surface area is 80.0 Å². The summed E-state index contributed by atoms with van der Waals surface area (Å²) in [4.78, 5) is 14.2. The Hall–Kier alpha value is -1.17. The highest BCUT2D eigenvalue weighted by Crippen LogP contribution is 2.13. The monoisotopic (exact) mass is 201 g/mol. The average molecular weight is 201 g/mol. The molecule has 0 atom stereocenters. The molecule has 5 nitrogen and oxygen atoms in total. The Morgan fingerprint density at radius 3 is 2.92 bits per heavy atom. The van der Waals surface area contributed by atoms with E-state index in [-0.39, 0.29) is 11.5 Å². The van der Waals surface area contributed by atoms with E-state index in [1.165, 1.54) is 11.3 Å². The highest BCUT2D eigenvalue weighted by atomic mass is 32.1. The molecule has 0 saturated heterocycles. The van der Waals surface area contributed by atoms with Crippen molar-refractivity contribution in [2.24, 2.45) is 0 Å². The lowest BCUT2D eigenvalue weighted by Crippen LogP contribution is -2.38. The van der Waals surface area contributed by atoms with Gasteiger partial charge in [0, 0.05) is 30.3 Å². The normalized spacial score (nSPS) is 11.2. The molecule has 1 heterocycles. The molecule has 1 N–H and O–H groups in total. The number of nitrogens with zero attached hydrogens (tertiary/aromatic N) is 2. The molecule has 0 amide bonds. The van der Waals surface area contributed by atoms with E-state index in [4.69, 9.17) is 0 Å². The first-order valence-electron chi connectivity index (χ1n) is 3.80. The minimum absolute atomic E-state index is 0.285. The van der Waals surface area contributed by atoms with Crippen molar-refractivity contribution in [1.82, 2.24) is 4.98 Å². The summed E-state index contributed by atoms with van der Waals surface area (Å²) in [5, 5.41) is 16.0. The lowest BCUT2D eigenvalue weighted by molar-refractivity contribution is -0.556. The van der Waals surface area contributed by atoms with E-state index in [2.05, 4.69) is 10.3 Å². The van der Waals surface area contributed by atoms with Gasteiger partial charge in [-0.1, -0.05) is 0 Å². The minimum atomic E-state index is -0.953. The van der Waals surface area contributed by atoms with Crippen LogP contribution in [-0.2, 0) is 0 Å². The van der Waals surface area contributed by atoms with Crippen LogP contribution in [0.4, 0.5) is 5.13 Å². The zero-order valence-corrected chi connectivity index (χ0v) is 8.30. The number of hydrogen-bond acceptors (Lipinski definition) is 5. The zero-order valence-electron chi connectivity index (χ0n) is 7.48. The Morgan fingerprint density at radius 1 is 1.77 bits per heavy atom. The van der Waals surface area contributed by atoms with Gasteiger partial charge in [-0.25, -0.2) is 4.98 Å². The maximum atomic E-state index is 10.5. The molecule has 0 bridgehead atoms. The molecule has 1 rings (SSSR count). The van der Waals surface area contributed by atoms with Crippen molar-refractivity contribution >= 4 is 16.5 Å². The maximum Gasteiger partial charge on any atom is 0.233 e. The largest absolute Gasteiger partial charge is 0.354 e. The Kier molecular flexibility index (Phi) is 2.82. The van der Waals surface area contributed by atoms with E-state index in [0.29, 0.717) is 0 Å². The molecule has 1 aromatic heterocycles. The standard InChI is InChI=1S/C7H11N3O2S/c1-7(2,10(11)12)5-9-6-8-3-4-13-6/h3-4H,5H2,1-2H3,(H,8,9). The number of rotatable bonds is 4. The van der Waals surface area contributed by atoms with Gasteiger partial charge in [-0.05, 0) is 0 Å². The topological polar surface area (TPSA) is 68.1 Å². The van der Waals surface area contributed by atoms with Crippen LogP contribution in [0, 0.1) is 10.1 Å². The van der Waals surface area contributed by atoms with Crippen molar-refractivity contribution in [3.8, 4) is 0 Å². The van der Waals surface area contributed by atoms with Crippen molar-refractivity contribution in [3.63, 3.8) is 0 Å². The molecule has 13 heavy (non-hydrogen) atoms. The molecule has 6 heteroatoms. The molecule has 0 aromatic carbocycles. The molecule has 0 aliphatic heterocycles. The van der Waals surface area contributed by atoms with E-state index < -0.39 is 5.54 Å². The summed E-state index contributed by atoms with van der Waals surface area (Å²) in [6, 6.07) is 0. The van der Waals surface area contributed by atoms with Gasteiger partial charge in [0.05, 0.1) is 6.54 Å². The van der Waals surface area contributed by atoms with Gasteiger partial charge in [0.1, 0.15) is 0 Å². The molecule has 72 valence electrons. The molecule has 0 fully saturated rings. The minimum Gasteiger partial charge on any atom is -0.354 e. The lowest BCUT2D eigenvalue weighted by Gasteiger charge is -2.15. The third-order valence-corrected chi connectivity index (χ3v) is 2.33. The van der Waals surface area contributed by atoms with Crippen LogP contribution in [0.15, 0.2) is 11.6 Å². The molecule has 1 aromatic rings. The van der Waals surface area contributed by atoms with Gasteiger partial charge in [0.15, 0.2) is 5.13 Å². The summed E-state index contributed by atoms with van der Waals surface area (Å²) < 4.78 is 0. The van der Waals surface area contributed by atoms with E-state index in [9.17, 15) is 10.1 Å². The molecule has 0 radical (unpaired) electrons. The number of thiazole rings is 1. The van der Waals surface area contributed by atoms with Crippen molar-refractivity contribution in [2.45, 2.75) is 19.4 Å². The fourth-order valence-electron chi connectivity index (χ4n) is 0.667. The second-order valence-electron chi connectivity index (χ2n) is 3.26. The van der Waals surface area contributed by atoms with Gasteiger partial charge < -0.3 is 5.32 Å². The van der Waals surface area contributed by atoms with Gasteiger partial charge in [0.25, 0.3) is 0 Å². The van der Waals surface area contributed by atoms with Crippen LogP contribution >= 0.6 is 11.3 Å². The first kappa shape index (κ1) is 9.91. The van der Waals surface area contributed by atoms with Crippen LogP contribution in [0.2, 0.25) is 0 Å². The van der Waals surface area contributed by atoms with Gasteiger partial charge in [-0.15, -0.1) is 11.3 Å². The number of nitro groups is 1. The van der Waals surface area contributed by atoms with E-state index >= 15 is 0 Å². The number of anilines is 1. The first-order chi connectivity index (χ1) is 6.02. The fourth-order valence-corrected chi connectivity index (χ4v) is 1.20. The van der Waals surface area contributed by atoms with Gasteiger partial charge >= 0.3 is 0 Å². The number of hydrogen-bond donors (Lipinski definition) is 1. The SMILES string of the molecule is CC(C)(CNc1nccs1)[N+](=O)[O-]. The maximum absolute atomic E-state index is 10.5. The van der Waals surface area contributed by atoms with Crippen molar-refractivity contribution < 1.29 is 4.92 Å². The molecule has 0 spiro atoms. The Morgan fingerprint density at radius 2 is 2.46 bits per heavy atom. The summed E-state index contributed by atoms with van der Waals surface area (Å²) in [5.41, 5.74) is -0.953. The molecule has 0 aliphatic rings. The summed E-state index contributed by atoms with van der Waals surface area (Å²) >= 11 is 1.43. The molecular formula is C7H11N3O2S. The van der Waals surface area contributed by atoms with E-state index in [1.54, 1.807) is 20.0 Å². The highest BCUT2D eigenvalue weighted by molar-refractivity contribution is 7.13. The van der Waals surface area contributed by atoms with Gasteiger partial charge in [-0.2, -0.15) is 0 Å². The number of nitrogens with one attached hydrogen (secondary N) is 1. The van der Waals surface area contributed by atoms with Gasteiger partial charge in [-0.3, -0.25) is 10.1 Å². The predicted octanol–water partition coefficient (Wildman–Crippen LogP) is 1.61. The molecular weight excluding hydrogens is 190 g/mol. The smallest absolute Gasteiger partial charge is 0.233 e. The lowest BCUT2D eigenvalue weighted by atomic mass is 10.1. The van der Waals surface area contributed by atoms with Crippen molar-refractivity contribution in [3.05, 3.63) is 21.7 Å². The summed E-state index contributed by atoms with van der Waals surface area (Å²) in [6.07, 6.45) is 1.66. The Balaban J connectivity index is 2.47. The highest BCUT2D eigenvalue weighted by Gasteiger charge is 2.30. The van der Waals surface area contributed by atoms with Crippen LogP contribution in [0.3, 0.4) is 0 Å². The first-order valence-corrected chi connectivity index (χ1v) is 4.68. The fraction of sp³-hybridized carbons (Fsp3) is 0.571. The predicted molar refractivity (Wildman–Crippen MR) is 51.7 cm³/mol. The second kappa shape index (κ2) is 3.69. The third kappa shape index (κ3) is 2.66. The second-order valence-corrected chi connectivity index (χ2v) is 4.15. The van der Waals surface area contributed by atoms with Crippen LogP contribution in [-0.4, -0.2) is 22.0 Å². The quantitative estimate of drug-likeness (QED) is 0.593. The van der Waals surface area contributed by atoms with Crippen LogP contribution < -0.4 is 5.32 Å². The molecule has 0 saturated carbocycles. The summed E-state index contributed by atoms with van der Waals surface area (Å²) in [7, 11) is 0. The summed E-state index contributed by atoms with van der Waals surface area (Å²) in [6.45, 7) is 3.44. The summed E-state index contributed by atoms with van der Waals surface area (Å²) in [5.74, 6) is 0. The van der Waals surface area contributed by atoms with Gasteiger partial charge in [0.2, 0.25) is 5.54 Å². The molecule has 0 unspecified atom stereocenters. The molecule has 0 aliphatic carbocycles. The van der Waals surface area contributed by atoms with E-state index in [1.807, 2.05) is 5.38 Å². The third-order valence-electron chi connectivity index (χ3n) is 1.60. The van der Waals surface area contributed by atoms with E-state index in [0.717, 1.165) is 5.13 Å². The zero-order chi connectivity index (χ0) is 9.90.